The van der Waals surface area contributed by atoms with E-state index in [-0.39, 0.29) is 18.3 Å². The summed E-state index contributed by atoms with van der Waals surface area (Å²) in [5.41, 5.74) is -0.398. The van der Waals surface area contributed by atoms with Crippen molar-refractivity contribution in [1.82, 2.24) is 0 Å². The number of Topliss-reactive ketones (excluding diaryl/α,β-unsaturated/α-hetero) is 1. The molecular formula is C14H19BrO3. The highest BCUT2D eigenvalue weighted by atomic mass is 79.9. The number of carbonyl (C=O) groups is 1. The molecule has 1 atom stereocenters. The first kappa shape index (κ1) is 15.2. The molecule has 0 bridgehead atoms. The van der Waals surface area contributed by atoms with E-state index in [0.29, 0.717) is 11.3 Å². The first-order valence-electron chi connectivity index (χ1n) is 5.89. The van der Waals surface area contributed by atoms with E-state index in [1.807, 2.05) is 19.9 Å². The molecule has 1 aromatic rings. The molecule has 0 aromatic heterocycles. The molecule has 4 heteroatoms. The lowest BCUT2D eigenvalue weighted by Gasteiger charge is -2.27. The first-order valence-corrected chi connectivity index (χ1v) is 6.69. The third-order valence-corrected chi connectivity index (χ3v) is 3.58. The van der Waals surface area contributed by atoms with E-state index >= 15 is 0 Å². The number of ketones is 1. The molecule has 0 fully saturated rings. The highest BCUT2D eigenvalue weighted by Gasteiger charge is 2.26. The van der Waals surface area contributed by atoms with Gasteiger partial charge in [-0.25, -0.2) is 0 Å². The molecule has 0 aliphatic rings. The molecule has 1 aromatic carbocycles. The van der Waals surface area contributed by atoms with Crippen molar-refractivity contribution >= 4 is 21.7 Å². The zero-order chi connectivity index (χ0) is 13.9. The lowest BCUT2D eigenvalue weighted by atomic mass is 9.94. The monoisotopic (exact) mass is 314 g/mol. The Morgan fingerprint density at radius 1 is 1.50 bits per heavy atom. The quantitative estimate of drug-likeness (QED) is 0.847. The molecule has 0 saturated heterocycles. The zero-order valence-electron chi connectivity index (χ0n) is 11.2. The van der Waals surface area contributed by atoms with Crippen molar-refractivity contribution in [2.24, 2.45) is 5.92 Å². The van der Waals surface area contributed by atoms with Crippen molar-refractivity contribution in [2.75, 3.05) is 6.61 Å². The van der Waals surface area contributed by atoms with Gasteiger partial charge in [-0.3, -0.25) is 4.79 Å². The Hall–Kier alpha value is -0.870. The van der Waals surface area contributed by atoms with E-state index < -0.39 is 5.60 Å². The van der Waals surface area contributed by atoms with Crippen LogP contribution in [0.2, 0.25) is 0 Å². The normalized spacial score (nSPS) is 14.4. The van der Waals surface area contributed by atoms with Gasteiger partial charge < -0.3 is 9.84 Å². The highest BCUT2D eigenvalue weighted by Crippen LogP contribution is 2.25. The average Bonchev–Trinajstić information content (AvgIpc) is 2.27. The molecule has 0 spiro atoms. The largest absolute Gasteiger partial charge is 0.490 e. The first-order chi connectivity index (χ1) is 8.24. The van der Waals surface area contributed by atoms with Gasteiger partial charge in [0.15, 0.2) is 5.78 Å². The predicted molar refractivity (Wildman–Crippen MR) is 75.1 cm³/mol. The summed E-state index contributed by atoms with van der Waals surface area (Å²) in [6, 6.07) is 5.27. The predicted octanol–water partition coefficient (Wildman–Crippen LogP) is 3.44. The summed E-state index contributed by atoms with van der Waals surface area (Å²) in [6.07, 6.45) is 0. The highest BCUT2D eigenvalue weighted by molar-refractivity contribution is 9.10. The van der Waals surface area contributed by atoms with Crippen molar-refractivity contribution in [2.45, 2.75) is 33.3 Å². The van der Waals surface area contributed by atoms with Gasteiger partial charge >= 0.3 is 0 Å². The summed E-state index contributed by atoms with van der Waals surface area (Å²) in [4.78, 5) is 11.5. The Labute approximate surface area is 116 Å². The van der Waals surface area contributed by atoms with E-state index in [4.69, 9.17) is 4.74 Å². The SMILES string of the molecule is CC(=O)c1cc(Br)ccc1OCC(C)(O)C(C)C. The lowest BCUT2D eigenvalue weighted by molar-refractivity contribution is -0.0268. The summed E-state index contributed by atoms with van der Waals surface area (Å²) in [7, 11) is 0. The van der Waals surface area contributed by atoms with E-state index in [0.717, 1.165) is 4.47 Å². The van der Waals surface area contributed by atoms with E-state index in [2.05, 4.69) is 15.9 Å². The number of carbonyl (C=O) groups excluding carboxylic acids is 1. The van der Waals surface area contributed by atoms with Crippen LogP contribution in [0.5, 0.6) is 5.75 Å². The molecule has 100 valence electrons. The summed E-state index contributed by atoms with van der Waals surface area (Å²) in [5, 5.41) is 10.1. The Bertz CT molecular complexity index is 439. The van der Waals surface area contributed by atoms with Crippen LogP contribution in [0.3, 0.4) is 0 Å². The molecular weight excluding hydrogens is 296 g/mol. The summed E-state index contributed by atoms with van der Waals surface area (Å²) in [5.74, 6) is 0.524. The number of halogens is 1. The smallest absolute Gasteiger partial charge is 0.163 e. The Morgan fingerprint density at radius 3 is 2.61 bits per heavy atom. The molecule has 0 aliphatic carbocycles. The third-order valence-electron chi connectivity index (χ3n) is 3.08. The number of hydrogen-bond acceptors (Lipinski definition) is 3. The second kappa shape index (κ2) is 5.85. The summed E-state index contributed by atoms with van der Waals surface area (Å²) >= 11 is 3.32. The van der Waals surface area contributed by atoms with Crippen LogP contribution in [-0.4, -0.2) is 23.1 Å². The number of benzene rings is 1. The van der Waals surface area contributed by atoms with Crippen molar-refractivity contribution in [3.63, 3.8) is 0 Å². The molecule has 3 nitrogen and oxygen atoms in total. The van der Waals surface area contributed by atoms with Crippen molar-refractivity contribution in [1.29, 1.82) is 0 Å². The minimum atomic E-state index is -0.916. The topological polar surface area (TPSA) is 46.5 Å². The Kier molecular flexibility index (Phi) is 4.93. The van der Waals surface area contributed by atoms with Gasteiger partial charge in [-0.1, -0.05) is 29.8 Å². The van der Waals surface area contributed by atoms with Crippen LogP contribution in [0.1, 0.15) is 38.1 Å². The van der Waals surface area contributed by atoms with Gasteiger partial charge in [-0.05, 0) is 38.0 Å². The summed E-state index contributed by atoms with van der Waals surface area (Å²) in [6.45, 7) is 7.24. The Morgan fingerprint density at radius 2 is 2.11 bits per heavy atom. The maximum absolute atomic E-state index is 11.5. The van der Waals surface area contributed by atoms with Crippen molar-refractivity contribution in [3.8, 4) is 5.75 Å². The molecule has 0 aliphatic heterocycles. The van der Waals surface area contributed by atoms with Crippen LogP contribution in [0.4, 0.5) is 0 Å². The second-order valence-electron chi connectivity index (χ2n) is 5.00. The molecule has 0 saturated carbocycles. The Balaban J connectivity index is 2.89. The number of aliphatic hydroxyl groups is 1. The molecule has 0 amide bonds. The summed E-state index contributed by atoms with van der Waals surface area (Å²) < 4.78 is 6.42. The van der Waals surface area contributed by atoms with Crippen LogP contribution in [0, 0.1) is 5.92 Å². The number of hydrogen-bond donors (Lipinski definition) is 1. The molecule has 0 radical (unpaired) electrons. The maximum Gasteiger partial charge on any atom is 0.163 e. The molecule has 1 N–H and O–H groups in total. The molecule has 1 unspecified atom stereocenters. The van der Waals surface area contributed by atoms with E-state index in [1.54, 1.807) is 19.1 Å². The van der Waals surface area contributed by atoms with Gasteiger partial charge in [0.25, 0.3) is 0 Å². The van der Waals surface area contributed by atoms with Crippen LogP contribution in [0.15, 0.2) is 22.7 Å². The standard InChI is InChI=1S/C14H19BrO3/c1-9(2)14(4,17)8-18-13-6-5-11(15)7-12(13)10(3)16/h5-7,9,17H,8H2,1-4H3. The average molecular weight is 315 g/mol. The number of ether oxygens (including phenoxy) is 1. The van der Waals surface area contributed by atoms with Gasteiger partial charge in [0, 0.05) is 4.47 Å². The minimum absolute atomic E-state index is 0.0597. The molecule has 18 heavy (non-hydrogen) atoms. The van der Waals surface area contributed by atoms with Crippen LogP contribution in [-0.2, 0) is 0 Å². The van der Waals surface area contributed by atoms with E-state index in [9.17, 15) is 9.90 Å². The fourth-order valence-corrected chi connectivity index (χ4v) is 1.65. The van der Waals surface area contributed by atoms with Crippen LogP contribution in [0.25, 0.3) is 0 Å². The van der Waals surface area contributed by atoms with Crippen molar-refractivity contribution in [3.05, 3.63) is 28.2 Å². The van der Waals surface area contributed by atoms with Gasteiger partial charge in [0.1, 0.15) is 12.4 Å². The second-order valence-corrected chi connectivity index (χ2v) is 5.91. The van der Waals surface area contributed by atoms with Crippen LogP contribution >= 0.6 is 15.9 Å². The third kappa shape index (κ3) is 3.82. The number of rotatable bonds is 5. The fourth-order valence-electron chi connectivity index (χ4n) is 1.29. The lowest BCUT2D eigenvalue weighted by Crippen LogP contribution is -2.38. The van der Waals surface area contributed by atoms with E-state index in [1.165, 1.54) is 6.92 Å². The van der Waals surface area contributed by atoms with Crippen molar-refractivity contribution < 1.29 is 14.6 Å². The van der Waals surface area contributed by atoms with Gasteiger partial charge in [-0.15, -0.1) is 0 Å². The van der Waals surface area contributed by atoms with Gasteiger partial charge in [0.05, 0.1) is 11.2 Å². The maximum atomic E-state index is 11.5. The van der Waals surface area contributed by atoms with Gasteiger partial charge in [-0.2, -0.15) is 0 Å². The zero-order valence-corrected chi connectivity index (χ0v) is 12.7. The fraction of sp³-hybridized carbons (Fsp3) is 0.500. The minimum Gasteiger partial charge on any atom is -0.490 e. The van der Waals surface area contributed by atoms with Gasteiger partial charge in [0.2, 0.25) is 0 Å². The molecule has 0 heterocycles. The van der Waals surface area contributed by atoms with Crippen LogP contribution < -0.4 is 4.74 Å². The molecule has 1 rings (SSSR count).